The third-order valence-corrected chi connectivity index (χ3v) is 3.60. The lowest BCUT2D eigenvalue weighted by Gasteiger charge is -2.09. The zero-order valence-corrected chi connectivity index (χ0v) is 11.9. The van der Waals surface area contributed by atoms with Gasteiger partial charge in [-0.05, 0) is 48.7 Å². The molecule has 0 saturated heterocycles. The number of aromatic nitrogens is 2. The lowest BCUT2D eigenvalue weighted by Crippen LogP contribution is -1.97. The van der Waals surface area contributed by atoms with E-state index in [1.807, 2.05) is 50.2 Å². The second-order valence-electron chi connectivity index (χ2n) is 5.09. The molecule has 0 saturated carbocycles. The Balaban J connectivity index is 2.28. The van der Waals surface area contributed by atoms with Gasteiger partial charge in [0.25, 0.3) is 0 Å². The van der Waals surface area contributed by atoms with Gasteiger partial charge in [-0.2, -0.15) is 10.4 Å². The molecular formula is C17H14N4. The van der Waals surface area contributed by atoms with Crippen LogP contribution < -0.4 is 5.73 Å². The van der Waals surface area contributed by atoms with Crippen LogP contribution in [0.4, 0.5) is 5.82 Å². The maximum absolute atomic E-state index is 9.32. The van der Waals surface area contributed by atoms with Crippen LogP contribution in [0.5, 0.6) is 0 Å². The van der Waals surface area contributed by atoms with Crippen LogP contribution in [-0.2, 0) is 0 Å². The van der Waals surface area contributed by atoms with Crippen molar-refractivity contribution in [1.29, 1.82) is 5.26 Å². The summed E-state index contributed by atoms with van der Waals surface area (Å²) >= 11 is 0. The van der Waals surface area contributed by atoms with E-state index >= 15 is 0 Å². The molecule has 0 unspecified atom stereocenters. The standard InChI is InChI=1S/C17H14N4/c1-10-3-5-14(13(7-10)9-18)12-4-6-15-16(8-12)11(2)20-21-17(15)19/h3-8H,1-2H3,(H2,19,21). The second kappa shape index (κ2) is 4.88. The van der Waals surface area contributed by atoms with E-state index in [-0.39, 0.29) is 0 Å². The maximum atomic E-state index is 9.32. The van der Waals surface area contributed by atoms with Gasteiger partial charge in [0.2, 0.25) is 0 Å². The summed E-state index contributed by atoms with van der Waals surface area (Å²) in [7, 11) is 0. The number of fused-ring (bicyclic) bond motifs is 1. The molecule has 0 fully saturated rings. The molecule has 0 aliphatic rings. The largest absolute Gasteiger partial charge is 0.382 e. The zero-order valence-electron chi connectivity index (χ0n) is 11.9. The van der Waals surface area contributed by atoms with E-state index in [1.54, 1.807) is 0 Å². The molecule has 4 heteroatoms. The number of nitrogens with two attached hydrogens (primary N) is 1. The minimum absolute atomic E-state index is 0.423. The fourth-order valence-corrected chi connectivity index (χ4v) is 2.47. The van der Waals surface area contributed by atoms with Gasteiger partial charge in [-0.1, -0.05) is 18.2 Å². The van der Waals surface area contributed by atoms with E-state index in [9.17, 15) is 5.26 Å². The monoisotopic (exact) mass is 274 g/mol. The highest BCUT2D eigenvalue weighted by Gasteiger charge is 2.09. The van der Waals surface area contributed by atoms with Gasteiger partial charge in [0.15, 0.2) is 5.82 Å². The molecule has 21 heavy (non-hydrogen) atoms. The molecule has 4 nitrogen and oxygen atoms in total. The van der Waals surface area contributed by atoms with Crippen LogP contribution >= 0.6 is 0 Å². The van der Waals surface area contributed by atoms with Crippen LogP contribution in [0.3, 0.4) is 0 Å². The quantitative estimate of drug-likeness (QED) is 0.738. The molecular weight excluding hydrogens is 260 g/mol. The third kappa shape index (κ3) is 2.19. The summed E-state index contributed by atoms with van der Waals surface area (Å²) in [5.41, 5.74) is 10.3. The highest BCUT2D eigenvalue weighted by atomic mass is 15.1. The van der Waals surface area contributed by atoms with Crippen molar-refractivity contribution in [3.05, 3.63) is 53.2 Å². The molecule has 0 radical (unpaired) electrons. The average molecular weight is 274 g/mol. The molecule has 1 heterocycles. The van der Waals surface area contributed by atoms with E-state index in [0.29, 0.717) is 11.4 Å². The molecule has 0 aliphatic heterocycles. The van der Waals surface area contributed by atoms with Crippen molar-refractivity contribution >= 4 is 16.6 Å². The van der Waals surface area contributed by atoms with Gasteiger partial charge in [0.1, 0.15) is 0 Å². The van der Waals surface area contributed by atoms with Gasteiger partial charge >= 0.3 is 0 Å². The Hall–Kier alpha value is -2.93. The number of hydrogen-bond donors (Lipinski definition) is 1. The predicted octanol–water partition coefficient (Wildman–Crippen LogP) is 3.37. The molecule has 3 rings (SSSR count). The van der Waals surface area contributed by atoms with E-state index < -0.39 is 0 Å². The smallest absolute Gasteiger partial charge is 0.153 e. The number of benzene rings is 2. The van der Waals surface area contributed by atoms with Gasteiger partial charge in [-0.3, -0.25) is 0 Å². The topological polar surface area (TPSA) is 75.6 Å². The number of anilines is 1. The van der Waals surface area contributed by atoms with Gasteiger partial charge in [-0.25, -0.2) is 0 Å². The summed E-state index contributed by atoms with van der Waals surface area (Å²) in [4.78, 5) is 0. The van der Waals surface area contributed by atoms with E-state index in [2.05, 4.69) is 16.3 Å². The van der Waals surface area contributed by atoms with E-state index in [1.165, 1.54) is 0 Å². The molecule has 0 spiro atoms. The van der Waals surface area contributed by atoms with Crippen LogP contribution in [0.2, 0.25) is 0 Å². The molecule has 1 aromatic heterocycles. The van der Waals surface area contributed by atoms with Crippen LogP contribution in [0, 0.1) is 25.2 Å². The van der Waals surface area contributed by atoms with E-state index in [0.717, 1.165) is 33.2 Å². The van der Waals surface area contributed by atoms with Gasteiger partial charge in [0.05, 0.1) is 17.3 Å². The van der Waals surface area contributed by atoms with Crippen LogP contribution in [0.15, 0.2) is 36.4 Å². The van der Waals surface area contributed by atoms with Gasteiger partial charge in [-0.15, -0.1) is 5.10 Å². The van der Waals surface area contributed by atoms with E-state index in [4.69, 9.17) is 5.73 Å². The molecule has 0 aliphatic carbocycles. The Labute approximate surface area is 122 Å². The summed E-state index contributed by atoms with van der Waals surface area (Å²) in [6.45, 7) is 3.88. The number of hydrogen-bond acceptors (Lipinski definition) is 4. The van der Waals surface area contributed by atoms with Crippen LogP contribution in [0.1, 0.15) is 16.8 Å². The summed E-state index contributed by atoms with van der Waals surface area (Å²) in [5, 5.41) is 19.2. The van der Waals surface area contributed by atoms with Gasteiger partial charge in [0, 0.05) is 10.8 Å². The molecule has 2 aromatic carbocycles. The van der Waals surface area contributed by atoms with Crippen molar-refractivity contribution in [1.82, 2.24) is 10.2 Å². The summed E-state index contributed by atoms with van der Waals surface area (Å²) in [6, 6.07) is 14.0. The lowest BCUT2D eigenvalue weighted by atomic mass is 9.96. The first kappa shape index (κ1) is 13.1. The lowest BCUT2D eigenvalue weighted by molar-refractivity contribution is 1.01. The Morgan fingerprint density at radius 2 is 1.81 bits per heavy atom. The SMILES string of the molecule is Cc1ccc(-c2ccc3c(N)nnc(C)c3c2)c(C#N)c1. The Bertz CT molecular complexity index is 891. The highest BCUT2D eigenvalue weighted by molar-refractivity contribution is 5.95. The second-order valence-corrected chi connectivity index (χ2v) is 5.09. The minimum atomic E-state index is 0.423. The van der Waals surface area contributed by atoms with Crippen molar-refractivity contribution in [2.75, 3.05) is 5.73 Å². The number of nitrogen functional groups attached to an aromatic ring is 1. The van der Waals surface area contributed by atoms with Gasteiger partial charge < -0.3 is 5.73 Å². The molecule has 0 bridgehead atoms. The molecule has 0 atom stereocenters. The van der Waals surface area contributed by atoms with Crippen molar-refractivity contribution in [3.8, 4) is 17.2 Å². The number of aryl methyl sites for hydroxylation is 2. The fraction of sp³-hybridized carbons (Fsp3) is 0.118. The Kier molecular flexibility index (Phi) is 3.03. The first-order chi connectivity index (χ1) is 10.1. The van der Waals surface area contributed by atoms with Crippen LogP contribution in [0.25, 0.3) is 21.9 Å². The molecule has 0 amide bonds. The zero-order chi connectivity index (χ0) is 15.0. The van der Waals surface area contributed by atoms with Crippen molar-refractivity contribution in [3.63, 3.8) is 0 Å². The predicted molar refractivity (Wildman–Crippen MR) is 83.6 cm³/mol. The Morgan fingerprint density at radius 3 is 2.57 bits per heavy atom. The number of nitrogens with zero attached hydrogens (tertiary/aromatic N) is 3. The average Bonchev–Trinajstić information content (AvgIpc) is 2.50. The summed E-state index contributed by atoms with van der Waals surface area (Å²) in [6.07, 6.45) is 0. The normalized spacial score (nSPS) is 10.5. The first-order valence-electron chi connectivity index (χ1n) is 6.64. The number of rotatable bonds is 1. The Morgan fingerprint density at radius 1 is 1.00 bits per heavy atom. The van der Waals surface area contributed by atoms with Crippen LogP contribution in [-0.4, -0.2) is 10.2 Å². The van der Waals surface area contributed by atoms with Crippen molar-refractivity contribution < 1.29 is 0 Å². The molecule has 3 aromatic rings. The first-order valence-corrected chi connectivity index (χ1v) is 6.64. The number of nitriles is 1. The van der Waals surface area contributed by atoms with Crippen molar-refractivity contribution in [2.24, 2.45) is 0 Å². The summed E-state index contributed by atoms with van der Waals surface area (Å²) < 4.78 is 0. The highest BCUT2D eigenvalue weighted by Crippen LogP contribution is 2.29. The molecule has 2 N–H and O–H groups in total. The minimum Gasteiger partial charge on any atom is -0.382 e. The molecule has 102 valence electrons. The third-order valence-electron chi connectivity index (χ3n) is 3.60. The van der Waals surface area contributed by atoms with Crippen molar-refractivity contribution in [2.45, 2.75) is 13.8 Å². The maximum Gasteiger partial charge on any atom is 0.153 e. The summed E-state index contributed by atoms with van der Waals surface area (Å²) in [5.74, 6) is 0.423. The fourth-order valence-electron chi connectivity index (χ4n) is 2.47.